The number of carboxylic acid groups (broad SMARTS) is 1. The van der Waals surface area contributed by atoms with E-state index >= 15 is 0 Å². The van der Waals surface area contributed by atoms with Gasteiger partial charge in [-0.25, -0.2) is 17.8 Å². The highest BCUT2D eigenvalue weighted by Crippen LogP contribution is 2.42. The van der Waals surface area contributed by atoms with Gasteiger partial charge in [-0.15, -0.1) is 0 Å². The van der Waals surface area contributed by atoms with Crippen LogP contribution in [-0.4, -0.2) is 63.9 Å². The van der Waals surface area contributed by atoms with Crippen LogP contribution in [0.4, 0.5) is 5.69 Å². The molecule has 0 saturated heterocycles. The molecule has 0 radical (unpaired) electrons. The van der Waals surface area contributed by atoms with Crippen molar-refractivity contribution in [3.05, 3.63) is 83.1 Å². The van der Waals surface area contributed by atoms with Gasteiger partial charge in [-0.3, -0.25) is 4.79 Å². The first kappa shape index (κ1) is 32.5. The van der Waals surface area contributed by atoms with Crippen molar-refractivity contribution in [2.75, 3.05) is 43.4 Å². The summed E-state index contributed by atoms with van der Waals surface area (Å²) in [6, 6.07) is 17.0. The fourth-order valence-electron chi connectivity index (χ4n) is 5.49. The van der Waals surface area contributed by atoms with Gasteiger partial charge in [0.25, 0.3) is 0 Å². The molecule has 232 valence electrons. The lowest BCUT2D eigenvalue weighted by molar-refractivity contribution is -0.120. The molecule has 1 aliphatic heterocycles. The number of carbonyl (C=O) groups excluding carboxylic acids is 1. The maximum atomic E-state index is 12.6. The lowest BCUT2D eigenvalue weighted by atomic mass is 9.89. The van der Waals surface area contributed by atoms with Crippen LogP contribution in [0.3, 0.4) is 0 Å². The number of anilines is 1. The van der Waals surface area contributed by atoms with Crippen molar-refractivity contribution in [3.8, 4) is 22.5 Å². The fourth-order valence-corrected chi connectivity index (χ4v) is 6.04. The zero-order chi connectivity index (χ0) is 32.0. The number of nitrogens with one attached hydrogen (secondary N) is 1. The molecular weight excluding hydrogens is 578 g/mol. The number of hydrogen-bond donors (Lipinski definition) is 2. The van der Waals surface area contributed by atoms with E-state index in [1.165, 1.54) is 6.07 Å². The molecule has 10 heteroatoms. The molecule has 4 rings (SSSR count). The molecule has 0 spiro atoms. The maximum Gasteiger partial charge on any atom is 0.336 e. The highest BCUT2D eigenvalue weighted by atomic mass is 32.2. The van der Waals surface area contributed by atoms with Crippen LogP contribution in [-0.2, 0) is 21.1 Å². The number of hydrogen-bond acceptors (Lipinski definition) is 6. The number of amides is 1. The summed E-state index contributed by atoms with van der Waals surface area (Å²) in [7, 11) is -3.44. The second-order valence-electron chi connectivity index (χ2n) is 10.4. The highest BCUT2D eigenvalue weighted by molar-refractivity contribution is 7.94. The molecule has 0 atom stereocenters. The summed E-state index contributed by atoms with van der Waals surface area (Å²) in [4.78, 5) is 27.4. The van der Waals surface area contributed by atoms with E-state index in [2.05, 4.69) is 49.1 Å². The van der Waals surface area contributed by atoms with Gasteiger partial charge in [-0.1, -0.05) is 18.7 Å². The molecule has 0 bridgehead atoms. The van der Waals surface area contributed by atoms with Crippen molar-refractivity contribution >= 4 is 38.4 Å². The van der Waals surface area contributed by atoms with Crippen molar-refractivity contribution in [3.63, 3.8) is 0 Å². The smallest absolute Gasteiger partial charge is 0.336 e. The van der Waals surface area contributed by atoms with E-state index in [1.807, 2.05) is 36.4 Å². The second kappa shape index (κ2) is 13.9. The molecule has 0 aromatic heterocycles. The molecule has 2 N–H and O–H groups in total. The minimum atomic E-state index is -3.44. The number of fused-ring (bicyclic) bond motifs is 2. The Hall–Kier alpha value is -4.44. The summed E-state index contributed by atoms with van der Waals surface area (Å²) in [5, 5.41) is 15.6. The summed E-state index contributed by atoms with van der Waals surface area (Å²) in [6.07, 6.45) is -0.0965. The van der Waals surface area contributed by atoms with Gasteiger partial charge in [-0.05, 0) is 63.1 Å². The zero-order valence-electron chi connectivity index (χ0n) is 25.7. The second-order valence-corrected chi connectivity index (χ2v) is 12.5. The van der Waals surface area contributed by atoms with Gasteiger partial charge >= 0.3 is 5.97 Å². The Morgan fingerprint density at radius 1 is 0.977 bits per heavy atom. The monoisotopic (exact) mass is 618 g/mol. The Bertz CT molecular complexity index is 1850. The average molecular weight is 619 g/mol. The molecule has 0 saturated carbocycles. The molecule has 2 aliphatic rings. The van der Waals surface area contributed by atoms with E-state index in [0.29, 0.717) is 22.5 Å². The van der Waals surface area contributed by atoms with Crippen LogP contribution in [0.25, 0.3) is 33.4 Å². The van der Waals surface area contributed by atoms with Gasteiger partial charge in [0.1, 0.15) is 24.4 Å². The fraction of sp³-hybridized carbons (Fsp3) is 0.324. The predicted octanol–water partition coefficient (Wildman–Crippen LogP) is 4.78. The number of rotatable bonds is 13. The molecule has 2 aromatic rings. The van der Waals surface area contributed by atoms with Gasteiger partial charge in [0, 0.05) is 59.4 Å². The third-order valence-corrected chi connectivity index (χ3v) is 9.14. The highest BCUT2D eigenvalue weighted by Gasteiger charge is 2.23. The molecular formula is C34H40N3O6S+. The summed E-state index contributed by atoms with van der Waals surface area (Å²) >= 11 is 0. The van der Waals surface area contributed by atoms with Gasteiger partial charge in [0.2, 0.25) is 11.3 Å². The van der Waals surface area contributed by atoms with Crippen molar-refractivity contribution in [2.24, 2.45) is 0 Å². The first-order valence-electron chi connectivity index (χ1n) is 14.9. The number of benzene rings is 3. The van der Waals surface area contributed by atoms with Crippen LogP contribution in [0, 0.1) is 0 Å². The number of carboxylic acids is 1. The first-order valence-corrected chi connectivity index (χ1v) is 16.6. The zero-order valence-corrected chi connectivity index (χ0v) is 26.5. The third kappa shape index (κ3) is 7.02. The molecule has 0 fully saturated rings. The Morgan fingerprint density at radius 3 is 2.32 bits per heavy atom. The van der Waals surface area contributed by atoms with Gasteiger partial charge < -0.3 is 19.7 Å². The maximum absolute atomic E-state index is 12.6. The molecule has 1 aliphatic carbocycles. The molecule has 9 nitrogen and oxygen atoms in total. The Morgan fingerprint density at radius 2 is 1.68 bits per heavy atom. The predicted molar refractivity (Wildman–Crippen MR) is 176 cm³/mol. The van der Waals surface area contributed by atoms with Crippen molar-refractivity contribution in [1.82, 2.24) is 9.89 Å². The van der Waals surface area contributed by atoms with Gasteiger partial charge in [0.15, 0.2) is 9.84 Å². The van der Waals surface area contributed by atoms with Crippen molar-refractivity contribution < 1.29 is 27.5 Å². The minimum absolute atomic E-state index is 0.0546. The Kier molecular flexibility index (Phi) is 10.3. The lowest BCUT2D eigenvalue weighted by Crippen LogP contribution is -2.29. The van der Waals surface area contributed by atoms with E-state index in [-0.39, 0.29) is 24.3 Å². The summed E-state index contributed by atoms with van der Waals surface area (Å²) in [5.41, 5.74) is 4.23. The SMILES string of the molecule is C=CS(=O)(=O)CCNC(=O)Cc1ccc(-c2c3ccc(=[N+](CC)CC)cc-3oc3cc(N(CC)CC)ccc23)c(C(=O)O)c1. The van der Waals surface area contributed by atoms with Gasteiger partial charge in [0.05, 0.1) is 23.8 Å². The molecule has 0 unspecified atom stereocenters. The lowest BCUT2D eigenvalue weighted by Gasteiger charge is -2.22. The van der Waals surface area contributed by atoms with Gasteiger partial charge in [-0.2, -0.15) is 0 Å². The molecule has 1 amide bonds. The van der Waals surface area contributed by atoms with Crippen LogP contribution in [0.1, 0.15) is 43.6 Å². The average Bonchev–Trinajstić information content (AvgIpc) is 3.01. The molecule has 44 heavy (non-hydrogen) atoms. The van der Waals surface area contributed by atoms with Crippen LogP contribution >= 0.6 is 0 Å². The number of nitrogens with zero attached hydrogens (tertiary/aromatic N) is 2. The van der Waals surface area contributed by atoms with Crippen molar-refractivity contribution in [1.29, 1.82) is 0 Å². The quantitative estimate of drug-likeness (QED) is 0.164. The normalized spacial score (nSPS) is 11.5. The Labute approximate surface area is 258 Å². The standard InChI is InChI=1S/C34H39N3O6S/c1-6-36(7-2)24-12-15-27-30(21-24)43-31-22-25(37(8-3)9-4)13-16-28(31)33(27)26-14-11-23(19-29(26)34(39)40)20-32(38)35-17-18-44(41,42)10-5/h10-16,19,21-22H,5-9,17-18,20H2,1-4H3,(H-,35,38,39,40)/p+1. The molecule has 2 aromatic carbocycles. The molecule has 1 heterocycles. The third-order valence-electron chi connectivity index (χ3n) is 7.86. The topological polar surface area (TPSA) is 120 Å². The van der Waals surface area contributed by atoms with Crippen LogP contribution in [0.2, 0.25) is 0 Å². The minimum Gasteiger partial charge on any atom is -0.478 e. The van der Waals surface area contributed by atoms with Crippen LogP contribution in [0.15, 0.2) is 71.0 Å². The van der Waals surface area contributed by atoms with Crippen LogP contribution < -0.4 is 20.1 Å². The van der Waals surface area contributed by atoms with E-state index < -0.39 is 21.7 Å². The van der Waals surface area contributed by atoms with E-state index in [0.717, 1.165) is 59.1 Å². The number of carbonyl (C=O) groups is 2. The van der Waals surface area contributed by atoms with E-state index in [9.17, 15) is 23.1 Å². The number of sulfone groups is 1. The van der Waals surface area contributed by atoms with Crippen molar-refractivity contribution in [2.45, 2.75) is 34.1 Å². The number of aromatic carboxylic acids is 1. The van der Waals surface area contributed by atoms with Crippen LogP contribution in [0.5, 0.6) is 0 Å². The summed E-state index contributed by atoms with van der Waals surface area (Å²) in [5.74, 6) is -1.15. The Balaban J connectivity index is 1.88. The summed E-state index contributed by atoms with van der Waals surface area (Å²) < 4.78 is 32.0. The largest absolute Gasteiger partial charge is 0.478 e. The first-order chi connectivity index (χ1) is 21.0. The van der Waals surface area contributed by atoms with E-state index in [1.54, 1.807) is 12.1 Å². The summed E-state index contributed by atoms with van der Waals surface area (Å²) in [6.45, 7) is 14.9. The van der Waals surface area contributed by atoms with E-state index in [4.69, 9.17) is 4.42 Å².